The molecule has 92 valence electrons. The molecule has 6 heteroatoms. The number of hydrogen-bond donors (Lipinski definition) is 0. The molecule has 4 nitrogen and oxygen atoms in total. The Labute approximate surface area is 113 Å². The molecule has 0 aliphatic heterocycles. The molecular weight excluding hydrogens is 268 g/mol. The standard InChI is InChI=1S/C12H11ClN4S/c1-7(2)11-16-17-10(14-15-12(17)18-11)8-5-3-4-6-9(8)13/h3-7H,1-2H3. The summed E-state index contributed by atoms with van der Waals surface area (Å²) in [6, 6.07) is 7.59. The Kier molecular flexibility index (Phi) is 2.80. The van der Waals surface area contributed by atoms with Crippen LogP contribution in [0.2, 0.25) is 5.02 Å². The van der Waals surface area contributed by atoms with Crippen LogP contribution in [0, 0.1) is 0 Å². The Morgan fingerprint density at radius 3 is 2.72 bits per heavy atom. The highest BCUT2D eigenvalue weighted by Crippen LogP contribution is 2.29. The fourth-order valence-electron chi connectivity index (χ4n) is 1.68. The van der Waals surface area contributed by atoms with Crippen LogP contribution in [0.1, 0.15) is 24.8 Å². The normalized spacial score (nSPS) is 11.6. The molecule has 0 amide bonds. The van der Waals surface area contributed by atoms with Gasteiger partial charge in [-0.25, -0.2) is 0 Å². The molecule has 0 unspecified atom stereocenters. The summed E-state index contributed by atoms with van der Waals surface area (Å²) in [4.78, 5) is 0.800. The first-order valence-corrected chi connectivity index (χ1v) is 6.83. The summed E-state index contributed by atoms with van der Waals surface area (Å²) in [5.41, 5.74) is 0.854. The molecule has 0 radical (unpaired) electrons. The molecule has 2 heterocycles. The van der Waals surface area contributed by atoms with Crippen molar-refractivity contribution in [1.29, 1.82) is 0 Å². The highest BCUT2D eigenvalue weighted by Gasteiger charge is 2.16. The Morgan fingerprint density at radius 1 is 1.22 bits per heavy atom. The first-order valence-electron chi connectivity index (χ1n) is 5.64. The number of fused-ring (bicyclic) bond motifs is 1. The van der Waals surface area contributed by atoms with Gasteiger partial charge in [0, 0.05) is 11.5 Å². The third-order valence-corrected chi connectivity index (χ3v) is 4.14. The van der Waals surface area contributed by atoms with Crippen LogP contribution in [0.4, 0.5) is 0 Å². The van der Waals surface area contributed by atoms with Crippen molar-refractivity contribution in [3.63, 3.8) is 0 Å². The number of benzene rings is 1. The van der Waals surface area contributed by atoms with Crippen molar-refractivity contribution in [1.82, 2.24) is 19.8 Å². The second-order valence-electron chi connectivity index (χ2n) is 4.29. The van der Waals surface area contributed by atoms with E-state index in [0.717, 1.165) is 15.5 Å². The van der Waals surface area contributed by atoms with E-state index in [1.807, 2.05) is 24.3 Å². The summed E-state index contributed by atoms with van der Waals surface area (Å²) in [6.07, 6.45) is 0. The first kappa shape index (κ1) is 11.6. The molecule has 3 aromatic rings. The van der Waals surface area contributed by atoms with E-state index in [1.54, 1.807) is 15.9 Å². The van der Waals surface area contributed by atoms with Crippen molar-refractivity contribution >= 4 is 27.9 Å². The van der Waals surface area contributed by atoms with Gasteiger partial charge >= 0.3 is 0 Å². The molecule has 0 N–H and O–H groups in total. The largest absolute Gasteiger partial charge is 0.234 e. The van der Waals surface area contributed by atoms with Gasteiger partial charge in [0.15, 0.2) is 5.82 Å². The zero-order valence-corrected chi connectivity index (χ0v) is 11.5. The van der Waals surface area contributed by atoms with Gasteiger partial charge in [-0.1, -0.05) is 48.9 Å². The summed E-state index contributed by atoms with van der Waals surface area (Å²) >= 11 is 7.74. The third kappa shape index (κ3) is 1.79. The lowest BCUT2D eigenvalue weighted by atomic mass is 10.2. The molecule has 1 aromatic carbocycles. The van der Waals surface area contributed by atoms with Crippen molar-refractivity contribution < 1.29 is 0 Å². The lowest BCUT2D eigenvalue weighted by Crippen LogP contribution is -1.94. The van der Waals surface area contributed by atoms with Gasteiger partial charge < -0.3 is 0 Å². The van der Waals surface area contributed by atoms with E-state index in [-0.39, 0.29) is 0 Å². The summed E-state index contributed by atoms with van der Waals surface area (Å²) in [7, 11) is 0. The zero-order chi connectivity index (χ0) is 12.7. The molecule has 0 bridgehead atoms. The Balaban J connectivity index is 2.21. The van der Waals surface area contributed by atoms with Crippen LogP contribution in [0.5, 0.6) is 0 Å². The van der Waals surface area contributed by atoms with Crippen molar-refractivity contribution in [3.05, 3.63) is 34.3 Å². The van der Waals surface area contributed by atoms with Gasteiger partial charge in [-0.05, 0) is 12.1 Å². The Bertz CT molecular complexity index is 701. The van der Waals surface area contributed by atoms with Crippen LogP contribution < -0.4 is 0 Å². The minimum atomic E-state index is 0.385. The molecule has 0 spiro atoms. The van der Waals surface area contributed by atoms with Crippen molar-refractivity contribution in [2.75, 3.05) is 0 Å². The van der Waals surface area contributed by atoms with Gasteiger partial charge in [-0.3, -0.25) is 0 Å². The predicted molar refractivity (Wildman–Crippen MR) is 73.2 cm³/mol. The van der Waals surface area contributed by atoms with Crippen LogP contribution in [-0.2, 0) is 0 Å². The van der Waals surface area contributed by atoms with Crippen LogP contribution in [-0.4, -0.2) is 19.8 Å². The predicted octanol–water partition coefficient (Wildman–Crippen LogP) is 3.63. The molecule has 0 saturated carbocycles. The SMILES string of the molecule is CC(C)c1nn2c(-c3ccccc3Cl)nnc2s1. The van der Waals surface area contributed by atoms with E-state index in [9.17, 15) is 0 Å². The lowest BCUT2D eigenvalue weighted by molar-refractivity contribution is 0.802. The lowest BCUT2D eigenvalue weighted by Gasteiger charge is -2.00. The van der Waals surface area contributed by atoms with E-state index in [4.69, 9.17) is 11.6 Å². The van der Waals surface area contributed by atoms with E-state index in [1.165, 1.54) is 0 Å². The van der Waals surface area contributed by atoms with Crippen molar-refractivity contribution in [2.45, 2.75) is 19.8 Å². The molecule has 0 aliphatic rings. The number of rotatable bonds is 2. The average molecular weight is 279 g/mol. The topological polar surface area (TPSA) is 43.1 Å². The van der Waals surface area contributed by atoms with Crippen LogP contribution in [0.3, 0.4) is 0 Å². The molecule has 0 atom stereocenters. The third-order valence-electron chi connectivity index (χ3n) is 2.62. The van der Waals surface area contributed by atoms with Gasteiger partial charge in [-0.15, -0.1) is 10.2 Å². The van der Waals surface area contributed by atoms with Crippen LogP contribution >= 0.6 is 22.9 Å². The minimum absolute atomic E-state index is 0.385. The fourth-order valence-corrected chi connectivity index (χ4v) is 2.74. The molecular formula is C12H11ClN4S. The molecule has 18 heavy (non-hydrogen) atoms. The highest BCUT2D eigenvalue weighted by molar-refractivity contribution is 7.16. The Hall–Kier alpha value is -1.46. The maximum absolute atomic E-state index is 6.18. The molecule has 0 saturated heterocycles. The van der Waals surface area contributed by atoms with Crippen LogP contribution in [0.15, 0.2) is 24.3 Å². The van der Waals surface area contributed by atoms with E-state index in [0.29, 0.717) is 16.8 Å². The quantitative estimate of drug-likeness (QED) is 0.719. The first-order chi connectivity index (χ1) is 8.66. The number of nitrogens with zero attached hydrogens (tertiary/aromatic N) is 4. The van der Waals surface area contributed by atoms with Gasteiger partial charge in [-0.2, -0.15) is 9.61 Å². The summed E-state index contributed by atoms with van der Waals surface area (Å²) in [6.45, 7) is 4.22. The maximum Gasteiger partial charge on any atom is 0.234 e. The average Bonchev–Trinajstić information content (AvgIpc) is 2.89. The van der Waals surface area contributed by atoms with Crippen LogP contribution in [0.25, 0.3) is 16.3 Å². The summed E-state index contributed by atoms with van der Waals surface area (Å²) < 4.78 is 1.77. The molecule has 0 aliphatic carbocycles. The monoisotopic (exact) mass is 278 g/mol. The molecule has 2 aromatic heterocycles. The van der Waals surface area contributed by atoms with Gasteiger partial charge in [0.25, 0.3) is 0 Å². The van der Waals surface area contributed by atoms with Gasteiger partial charge in [0.05, 0.1) is 5.02 Å². The Morgan fingerprint density at radius 2 is 2.00 bits per heavy atom. The fraction of sp³-hybridized carbons (Fsp3) is 0.250. The zero-order valence-electron chi connectivity index (χ0n) is 9.96. The van der Waals surface area contributed by atoms with E-state index in [2.05, 4.69) is 29.1 Å². The number of halogens is 1. The second-order valence-corrected chi connectivity index (χ2v) is 5.69. The molecule has 3 rings (SSSR count). The summed E-state index contributed by atoms with van der Waals surface area (Å²) in [5, 5.41) is 14.6. The highest BCUT2D eigenvalue weighted by atomic mass is 35.5. The van der Waals surface area contributed by atoms with E-state index >= 15 is 0 Å². The maximum atomic E-state index is 6.18. The van der Waals surface area contributed by atoms with Crippen molar-refractivity contribution in [2.24, 2.45) is 0 Å². The smallest absolute Gasteiger partial charge is 0.183 e. The van der Waals surface area contributed by atoms with Gasteiger partial charge in [0.2, 0.25) is 4.96 Å². The molecule has 0 fully saturated rings. The van der Waals surface area contributed by atoms with Crippen molar-refractivity contribution in [3.8, 4) is 11.4 Å². The van der Waals surface area contributed by atoms with Gasteiger partial charge in [0.1, 0.15) is 5.01 Å². The summed E-state index contributed by atoms with van der Waals surface area (Å²) in [5.74, 6) is 1.08. The number of aromatic nitrogens is 4. The number of hydrogen-bond acceptors (Lipinski definition) is 4. The second kappa shape index (κ2) is 4.33. The minimum Gasteiger partial charge on any atom is -0.183 e. The van der Waals surface area contributed by atoms with E-state index < -0.39 is 0 Å².